The van der Waals surface area contributed by atoms with Gasteiger partial charge in [-0.15, -0.1) is 11.3 Å². The average Bonchev–Trinajstić information content (AvgIpc) is 3.09. The van der Waals surface area contributed by atoms with Gasteiger partial charge < -0.3 is 5.32 Å². The first kappa shape index (κ1) is 18.0. The summed E-state index contributed by atoms with van der Waals surface area (Å²) in [6, 6.07) is 16.8. The highest BCUT2D eigenvalue weighted by molar-refractivity contribution is 7.09. The van der Waals surface area contributed by atoms with Crippen molar-refractivity contribution < 1.29 is 9.59 Å². The summed E-state index contributed by atoms with van der Waals surface area (Å²) in [6.07, 6.45) is 1.24. The van der Waals surface area contributed by atoms with Gasteiger partial charge in [0.2, 0.25) is 5.91 Å². The second-order valence-corrected chi connectivity index (χ2v) is 7.08. The maximum atomic E-state index is 12.1. The van der Waals surface area contributed by atoms with E-state index in [2.05, 4.69) is 10.3 Å². The van der Waals surface area contributed by atoms with Crippen LogP contribution < -0.4 is 5.32 Å². The van der Waals surface area contributed by atoms with Gasteiger partial charge in [-0.3, -0.25) is 9.59 Å². The Morgan fingerprint density at radius 2 is 1.73 bits per heavy atom. The molecule has 0 aliphatic rings. The molecule has 1 amide bonds. The predicted octanol–water partition coefficient (Wildman–Crippen LogP) is 5.11. The summed E-state index contributed by atoms with van der Waals surface area (Å²) in [5, 5.41) is 5.92. The smallest absolute Gasteiger partial charge is 0.224 e. The van der Waals surface area contributed by atoms with Gasteiger partial charge in [0.1, 0.15) is 0 Å². The van der Waals surface area contributed by atoms with E-state index in [1.807, 2.05) is 54.8 Å². The Balaban J connectivity index is 1.47. The quantitative estimate of drug-likeness (QED) is 0.593. The molecular formula is C21H20N2O2S. The van der Waals surface area contributed by atoms with E-state index in [4.69, 9.17) is 0 Å². The molecule has 0 aliphatic carbocycles. The molecule has 26 heavy (non-hydrogen) atoms. The second-order valence-electron chi connectivity index (χ2n) is 6.02. The van der Waals surface area contributed by atoms with Crippen molar-refractivity contribution >= 4 is 28.7 Å². The van der Waals surface area contributed by atoms with Crippen LogP contribution in [0.1, 0.15) is 34.6 Å². The molecular weight excluding hydrogens is 344 g/mol. The number of aromatic nitrogens is 1. The Morgan fingerprint density at radius 3 is 2.38 bits per heavy atom. The van der Waals surface area contributed by atoms with E-state index in [0.717, 1.165) is 22.0 Å². The largest absolute Gasteiger partial charge is 0.326 e. The summed E-state index contributed by atoms with van der Waals surface area (Å²) in [5.74, 6) is -0.00979. The maximum absolute atomic E-state index is 12.1. The monoisotopic (exact) mass is 364 g/mol. The van der Waals surface area contributed by atoms with Gasteiger partial charge in [0.25, 0.3) is 0 Å². The number of benzene rings is 2. The topological polar surface area (TPSA) is 59.1 Å². The van der Waals surface area contributed by atoms with Gasteiger partial charge in [-0.25, -0.2) is 4.98 Å². The highest BCUT2D eigenvalue weighted by Gasteiger charge is 2.08. The van der Waals surface area contributed by atoms with Crippen molar-refractivity contribution in [1.82, 2.24) is 4.98 Å². The summed E-state index contributed by atoms with van der Waals surface area (Å²) < 4.78 is 0. The SMILES string of the molecule is Cc1nc(-c2ccc(NC(=O)CCCC(=O)c3ccccc3)cc2)cs1. The summed E-state index contributed by atoms with van der Waals surface area (Å²) in [6.45, 7) is 1.98. The third kappa shape index (κ3) is 4.86. The normalized spacial score (nSPS) is 10.5. The third-order valence-corrected chi connectivity index (χ3v) is 4.76. The number of carbonyl (C=O) groups is 2. The van der Waals surface area contributed by atoms with Crippen molar-refractivity contribution in [1.29, 1.82) is 0 Å². The van der Waals surface area contributed by atoms with Gasteiger partial charge in [0.15, 0.2) is 5.78 Å². The standard InChI is InChI=1S/C21H20N2O2S/c1-15-22-19(14-26-15)16-10-12-18(13-11-16)23-21(25)9-5-8-20(24)17-6-3-2-4-7-17/h2-4,6-7,10-14H,5,8-9H2,1H3,(H,23,25). The first-order chi connectivity index (χ1) is 12.6. The lowest BCUT2D eigenvalue weighted by atomic mass is 10.1. The van der Waals surface area contributed by atoms with Crippen LogP contribution in [0.4, 0.5) is 5.69 Å². The number of rotatable bonds is 7. The summed E-state index contributed by atoms with van der Waals surface area (Å²) in [7, 11) is 0. The zero-order valence-corrected chi connectivity index (χ0v) is 15.4. The molecule has 1 N–H and O–H groups in total. The molecule has 0 atom stereocenters. The van der Waals surface area contributed by atoms with Crippen LogP contribution in [0.15, 0.2) is 60.0 Å². The average molecular weight is 364 g/mol. The van der Waals surface area contributed by atoms with Crippen LogP contribution in [0.25, 0.3) is 11.3 Å². The highest BCUT2D eigenvalue weighted by atomic mass is 32.1. The van der Waals surface area contributed by atoms with Crippen molar-refractivity contribution in [2.45, 2.75) is 26.2 Å². The molecule has 1 aromatic heterocycles. The van der Waals surface area contributed by atoms with Crippen molar-refractivity contribution in [2.75, 3.05) is 5.32 Å². The summed E-state index contributed by atoms with van der Waals surface area (Å²) in [4.78, 5) is 28.5. The Morgan fingerprint density at radius 1 is 1.00 bits per heavy atom. The first-order valence-corrected chi connectivity index (χ1v) is 9.40. The first-order valence-electron chi connectivity index (χ1n) is 8.52. The molecule has 1 heterocycles. The van der Waals surface area contributed by atoms with Crippen molar-refractivity contribution in [3.05, 3.63) is 70.5 Å². The lowest BCUT2D eigenvalue weighted by molar-refractivity contribution is -0.116. The number of thiazole rings is 1. The van der Waals surface area contributed by atoms with E-state index in [1.54, 1.807) is 23.5 Å². The summed E-state index contributed by atoms with van der Waals surface area (Å²) in [5.41, 5.74) is 3.42. The van der Waals surface area contributed by atoms with Gasteiger partial charge in [0, 0.05) is 35.0 Å². The molecule has 0 bridgehead atoms. The van der Waals surface area contributed by atoms with E-state index in [9.17, 15) is 9.59 Å². The number of ketones is 1. The van der Waals surface area contributed by atoms with Gasteiger partial charge >= 0.3 is 0 Å². The number of aryl methyl sites for hydroxylation is 1. The molecule has 0 radical (unpaired) electrons. The Labute approximate surface area is 156 Å². The molecule has 0 saturated carbocycles. The number of nitrogens with zero attached hydrogens (tertiary/aromatic N) is 1. The van der Waals surface area contributed by atoms with Crippen LogP contribution in [-0.2, 0) is 4.79 Å². The Kier molecular flexibility index (Phi) is 5.92. The van der Waals surface area contributed by atoms with Crippen molar-refractivity contribution in [2.24, 2.45) is 0 Å². The van der Waals surface area contributed by atoms with Crippen LogP contribution in [0.5, 0.6) is 0 Å². The molecule has 2 aromatic carbocycles. The van der Waals surface area contributed by atoms with Crippen molar-refractivity contribution in [3.8, 4) is 11.3 Å². The molecule has 3 rings (SSSR count). The van der Waals surface area contributed by atoms with E-state index in [1.165, 1.54) is 0 Å². The molecule has 0 aliphatic heterocycles. The number of carbonyl (C=O) groups excluding carboxylic acids is 2. The summed E-state index contributed by atoms with van der Waals surface area (Å²) >= 11 is 1.62. The molecule has 3 aromatic rings. The lowest BCUT2D eigenvalue weighted by Gasteiger charge is -2.06. The minimum Gasteiger partial charge on any atom is -0.326 e. The van der Waals surface area contributed by atoms with E-state index < -0.39 is 0 Å². The van der Waals surface area contributed by atoms with E-state index in [-0.39, 0.29) is 11.7 Å². The second kappa shape index (κ2) is 8.54. The molecule has 5 heteroatoms. The maximum Gasteiger partial charge on any atom is 0.224 e. The molecule has 0 unspecified atom stereocenters. The fourth-order valence-corrected chi connectivity index (χ4v) is 3.24. The van der Waals surface area contributed by atoms with E-state index >= 15 is 0 Å². The van der Waals surface area contributed by atoms with Crippen LogP contribution in [0.3, 0.4) is 0 Å². The van der Waals surface area contributed by atoms with Crippen LogP contribution in [0.2, 0.25) is 0 Å². The highest BCUT2D eigenvalue weighted by Crippen LogP contribution is 2.23. The van der Waals surface area contributed by atoms with Gasteiger partial charge in [-0.2, -0.15) is 0 Å². The van der Waals surface area contributed by atoms with Gasteiger partial charge in [-0.05, 0) is 25.5 Å². The minimum absolute atomic E-state index is 0.0707. The fourth-order valence-electron chi connectivity index (χ4n) is 2.62. The number of nitrogens with one attached hydrogen (secondary N) is 1. The molecule has 0 saturated heterocycles. The van der Waals surface area contributed by atoms with Gasteiger partial charge in [0.05, 0.1) is 10.7 Å². The molecule has 0 fully saturated rings. The zero-order valence-electron chi connectivity index (χ0n) is 14.6. The van der Waals surface area contributed by atoms with Crippen LogP contribution >= 0.6 is 11.3 Å². The predicted molar refractivity (Wildman–Crippen MR) is 106 cm³/mol. The Bertz CT molecular complexity index is 886. The molecule has 132 valence electrons. The number of hydrogen-bond donors (Lipinski definition) is 1. The number of anilines is 1. The third-order valence-electron chi connectivity index (χ3n) is 3.99. The lowest BCUT2D eigenvalue weighted by Crippen LogP contribution is -2.12. The molecule has 4 nitrogen and oxygen atoms in total. The number of amides is 1. The fraction of sp³-hybridized carbons (Fsp3) is 0.190. The van der Waals surface area contributed by atoms with E-state index in [0.29, 0.717) is 24.8 Å². The Hall–Kier alpha value is -2.79. The zero-order chi connectivity index (χ0) is 18.4. The molecule has 0 spiro atoms. The minimum atomic E-state index is -0.0804. The van der Waals surface area contributed by atoms with Crippen molar-refractivity contribution in [3.63, 3.8) is 0 Å². The number of Topliss-reactive ketones (excluding diaryl/α,β-unsaturated/α-hetero) is 1. The van der Waals surface area contributed by atoms with Gasteiger partial charge in [-0.1, -0.05) is 42.5 Å². The number of hydrogen-bond acceptors (Lipinski definition) is 4. The van der Waals surface area contributed by atoms with Crippen LogP contribution in [-0.4, -0.2) is 16.7 Å². The van der Waals surface area contributed by atoms with Crippen LogP contribution in [0, 0.1) is 6.92 Å².